The first kappa shape index (κ1) is 27.2. The van der Waals surface area contributed by atoms with Gasteiger partial charge in [-0.05, 0) is 56.7 Å². The van der Waals surface area contributed by atoms with Gasteiger partial charge in [-0.1, -0.05) is 66.2 Å². The van der Waals surface area contributed by atoms with Crippen LogP contribution in [-0.4, -0.2) is 43.8 Å². The maximum absolute atomic E-state index is 13.7. The molecule has 0 saturated heterocycles. The van der Waals surface area contributed by atoms with Crippen molar-refractivity contribution in [2.24, 2.45) is 0 Å². The highest BCUT2D eigenvalue weighted by Crippen LogP contribution is 2.26. The maximum atomic E-state index is 13.7. The van der Waals surface area contributed by atoms with Gasteiger partial charge in [0.2, 0.25) is 11.8 Å². The van der Waals surface area contributed by atoms with Crippen LogP contribution in [0.25, 0.3) is 0 Å². The lowest BCUT2D eigenvalue weighted by Gasteiger charge is -2.32. The minimum atomic E-state index is -4.11. The molecule has 0 unspecified atom stereocenters. The van der Waals surface area contributed by atoms with Crippen LogP contribution in [0.5, 0.6) is 0 Å². The fourth-order valence-corrected chi connectivity index (χ4v) is 5.26. The lowest BCUT2D eigenvalue weighted by molar-refractivity contribution is -0.139. The molecule has 36 heavy (non-hydrogen) atoms. The van der Waals surface area contributed by atoms with Crippen molar-refractivity contribution in [3.63, 3.8) is 0 Å². The quantitative estimate of drug-likeness (QED) is 0.421. The second-order valence-corrected chi connectivity index (χ2v) is 10.9. The average molecular weight is 528 g/mol. The number of sulfonamides is 1. The van der Waals surface area contributed by atoms with E-state index in [9.17, 15) is 18.0 Å². The fraction of sp³-hybridized carbons (Fsp3) is 0.259. The zero-order chi connectivity index (χ0) is 26.3. The molecule has 1 atom stereocenters. The third-order valence-electron chi connectivity index (χ3n) is 5.50. The topological polar surface area (TPSA) is 86.8 Å². The second kappa shape index (κ2) is 12.1. The fourth-order valence-electron chi connectivity index (χ4n) is 3.65. The van der Waals surface area contributed by atoms with Crippen LogP contribution >= 0.6 is 11.6 Å². The number of nitrogens with zero attached hydrogens (tertiary/aromatic N) is 2. The number of amides is 2. The zero-order valence-corrected chi connectivity index (χ0v) is 22.0. The highest BCUT2D eigenvalue weighted by atomic mass is 35.5. The summed E-state index contributed by atoms with van der Waals surface area (Å²) >= 11 is 6.16. The molecule has 0 aliphatic heterocycles. The summed E-state index contributed by atoms with van der Waals surface area (Å²) in [5.41, 5.74) is 1.06. The predicted molar refractivity (Wildman–Crippen MR) is 142 cm³/mol. The number of anilines is 1. The average Bonchev–Trinajstić information content (AvgIpc) is 2.86. The number of carbonyl (C=O) groups excluding carboxylic acids is 2. The van der Waals surface area contributed by atoms with E-state index in [1.165, 1.54) is 23.1 Å². The van der Waals surface area contributed by atoms with Gasteiger partial charge in [0.15, 0.2) is 0 Å². The van der Waals surface area contributed by atoms with Gasteiger partial charge < -0.3 is 10.2 Å². The Morgan fingerprint density at radius 1 is 0.889 bits per heavy atom. The Kier molecular flexibility index (Phi) is 9.12. The molecule has 0 aliphatic rings. The van der Waals surface area contributed by atoms with Crippen molar-refractivity contribution < 1.29 is 18.0 Å². The van der Waals surface area contributed by atoms with Crippen molar-refractivity contribution in [2.75, 3.05) is 10.8 Å². The van der Waals surface area contributed by atoms with Crippen LogP contribution in [0.15, 0.2) is 89.8 Å². The standard InChI is InChI=1S/C27H30ClN3O4S/c1-20(2)29-27(33)21(3)30(18-22-11-6-4-7-12-22)26(32)19-31(24-14-10-13-23(28)17-24)36(34,35)25-15-8-5-9-16-25/h4-17,20-21H,18-19H2,1-3H3,(H,29,33)/t21-/m0/s1. The molecule has 0 saturated carbocycles. The SMILES string of the molecule is CC(C)NC(=O)[C@H](C)N(Cc1ccccc1)C(=O)CN(c1cccc(Cl)c1)S(=O)(=O)c1ccccc1. The summed E-state index contributed by atoms with van der Waals surface area (Å²) < 4.78 is 28.3. The number of benzene rings is 3. The van der Waals surface area contributed by atoms with E-state index in [0.29, 0.717) is 5.02 Å². The minimum absolute atomic E-state index is 0.0398. The molecule has 0 fully saturated rings. The van der Waals surface area contributed by atoms with Crippen molar-refractivity contribution in [2.45, 2.75) is 44.3 Å². The monoisotopic (exact) mass is 527 g/mol. The molecular formula is C27H30ClN3O4S. The van der Waals surface area contributed by atoms with Crippen molar-refractivity contribution in [3.05, 3.63) is 95.5 Å². The molecule has 0 heterocycles. The predicted octanol–water partition coefficient (Wildman–Crippen LogP) is 4.48. The van der Waals surface area contributed by atoms with E-state index in [1.54, 1.807) is 43.3 Å². The third kappa shape index (κ3) is 6.86. The molecule has 0 aromatic heterocycles. The van der Waals surface area contributed by atoms with Crippen LogP contribution in [0.2, 0.25) is 5.02 Å². The molecule has 190 valence electrons. The van der Waals surface area contributed by atoms with Crippen LogP contribution in [0.3, 0.4) is 0 Å². The van der Waals surface area contributed by atoms with Gasteiger partial charge in [-0.3, -0.25) is 13.9 Å². The maximum Gasteiger partial charge on any atom is 0.264 e. The van der Waals surface area contributed by atoms with Gasteiger partial charge >= 0.3 is 0 Å². The molecule has 0 aliphatic carbocycles. The normalized spacial score (nSPS) is 12.1. The molecule has 7 nitrogen and oxygen atoms in total. The molecular weight excluding hydrogens is 498 g/mol. The van der Waals surface area contributed by atoms with E-state index in [-0.39, 0.29) is 29.1 Å². The minimum Gasteiger partial charge on any atom is -0.352 e. The smallest absolute Gasteiger partial charge is 0.264 e. The summed E-state index contributed by atoms with van der Waals surface area (Å²) in [5.74, 6) is -0.848. The molecule has 0 radical (unpaired) electrons. The Labute approximate surface area is 217 Å². The first-order valence-corrected chi connectivity index (χ1v) is 13.4. The highest BCUT2D eigenvalue weighted by molar-refractivity contribution is 7.92. The zero-order valence-electron chi connectivity index (χ0n) is 20.5. The molecule has 3 aromatic carbocycles. The second-order valence-electron chi connectivity index (χ2n) is 8.65. The van der Waals surface area contributed by atoms with Crippen LogP contribution in [0.4, 0.5) is 5.69 Å². The summed E-state index contributed by atoms with van der Waals surface area (Å²) in [6.45, 7) is 4.93. The largest absolute Gasteiger partial charge is 0.352 e. The summed E-state index contributed by atoms with van der Waals surface area (Å²) in [7, 11) is -4.11. The molecule has 0 spiro atoms. The summed E-state index contributed by atoms with van der Waals surface area (Å²) in [6.07, 6.45) is 0. The molecule has 0 bridgehead atoms. The highest BCUT2D eigenvalue weighted by Gasteiger charge is 2.32. The van der Waals surface area contributed by atoms with Crippen molar-refractivity contribution >= 4 is 39.1 Å². The first-order chi connectivity index (χ1) is 17.1. The Hall–Kier alpha value is -3.36. The van der Waals surface area contributed by atoms with Crippen LogP contribution in [0, 0.1) is 0 Å². The van der Waals surface area contributed by atoms with E-state index < -0.39 is 28.5 Å². The third-order valence-corrected chi connectivity index (χ3v) is 7.52. The molecule has 3 rings (SSSR count). The van der Waals surface area contributed by atoms with E-state index in [2.05, 4.69) is 5.32 Å². The van der Waals surface area contributed by atoms with Crippen LogP contribution in [-0.2, 0) is 26.2 Å². The number of rotatable bonds is 10. The molecule has 3 aromatic rings. The van der Waals surface area contributed by atoms with Gasteiger partial charge in [-0.2, -0.15) is 0 Å². The number of nitrogens with one attached hydrogen (secondary N) is 1. The van der Waals surface area contributed by atoms with E-state index in [4.69, 9.17) is 11.6 Å². The Morgan fingerprint density at radius 3 is 2.08 bits per heavy atom. The van der Waals surface area contributed by atoms with Gasteiger partial charge in [0.05, 0.1) is 10.6 Å². The number of hydrogen-bond acceptors (Lipinski definition) is 4. The van der Waals surface area contributed by atoms with Crippen LogP contribution in [0.1, 0.15) is 26.3 Å². The van der Waals surface area contributed by atoms with Crippen LogP contribution < -0.4 is 9.62 Å². The number of halogens is 1. The van der Waals surface area contributed by atoms with E-state index in [0.717, 1.165) is 9.87 Å². The van der Waals surface area contributed by atoms with E-state index in [1.807, 2.05) is 44.2 Å². The van der Waals surface area contributed by atoms with Gasteiger partial charge in [-0.25, -0.2) is 8.42 Å². The number of hydrogen-bond donors (Lipinski definition) is 1. The molecule has 9 heteroatoms. The number of carbonyl (C=O) groups is 2. The van der Waals surface area contributed by atoms with Gasteiger partial charge in [0.1, 0.15) is 12.6 Å². The summed E-state index contributed by atoms with van der Waals surface area (Å²) in [6, 6.07) is 22.5. The Bertz CT molecular complexity index is 1280. The van der Waals surface area contributed by atoms with E-state index >= 15 is 0 Å². The molecule has 1 N–H and O–H groups in total. The lowest BCUT2D eigenvalue weighted by atomic mass is 10.1. The first-order valence-electron chi connectivity index (χ1n) is 11.6. The van der Waals surface area contributed by atoms with Gasteiger partial charge in [-0.15, -0.1) is 0 Å². The Balaban J connectivity index is 2.01. The van der Waals surface area contributed by atoms with Gasteiger partial charge in [0.25, 0.3) is 10.0 Å². The van der Waals surface area contributed by atoms with Crippen molar-refractivity contribution in [1.82, 2.24) is 10.2 Å². The summed E-state index contributed by atoms with van der Waals surface area (Å²) in [5, 5.41) is 3.16. The molecule has 2 amide bonds. The van der Waals surface area contributed by atoms with Gasteiger partial charge in [0, 0.05) is 17.6 Å². The lowest BCUT2D eigenvalue weighted by Crippen LogP contribution is -2.52. The van der Waals surface area contributed by atoms with Crippen molar-refractivity contribution in [3.8, 4) is 0 Å². The summed E-state index contributed by atoms with van der Waals surface area (Å²) in [4.78, 5) is 28.0. The Morgan fingerprint density at radius 2 is 1.50 bits per heavy atom. The van der Waals surface area contributed by atoms with Crippen molar-refractivity contribution in [1.29, 1.82) is 0 Å².